The first-order chi connectivity index (χ1) is 12.6. The fraction of sp³-hybridized carbons (Fsp3) is 0.429. The van der Waals surface area contributed by atoms with Gasteiger partial charge in [-0.25, -0.2) is 0 Å². The molecule has 0 aliphatic carbocycles. The molecule has 3 heterocycles. The maximum Gasteiger partial charge on any atom is 0.230 e. The third-order valence-corrected chi connectivity index (χ3v) is 6.61. The summed E-state index contributed by atoms with van der Waals surface area (Å²) in [6, 6.07) is 10.7. The molecular weight excluding hydrogens is 342 g/mol. The molecule has 1 saturated heterocycles. The van der Waals surface area contributed by atoms with Gasteiger partial charge in [-0.05, 0) is 38.7 Å². The van der Waals surface area contributed by atoms with E-state index in [0.717, 1.165) is 36.5 Å². The molecule has 1 fully saturated rings. The number of carbonyl (C=O) groups excluding carboxylic acids is 1. The van der Waals surface area contributed by atoms with E-state index in [0.29, 0.717) is 0 Å². The fourth-order valence-corrected chi connectivity index (χ4v) is 5.40. The molecule has 1 amide bonds. The third-order valence-electron chi connectivity index (χ3n) is 5.43. The number of H-pyrrole nitrogens is 1. The van der Waals surface area contributed by atoms with Crippen molar-refractivity contribution in [1.29, 1.82) is 0 Å². The Morgan fingerprint density at radius 3 is 2.77 bits per heavy atom. The molecule has 4 nitrogen and oxygen atoms in total. The van der Waals surface area contributed by atoms with Crippen LogP contribution in [-0.2, 0) is 4.79 Å². The van der Waals surface area contributed by atoms with Gasteiger partial charge in [-0.1, -0.05) is 36.4 Å². The average molecular weight is 368 g/mol. The van der Waals surface area contributed by atoms with Gasteiger partial charge in [0.05, 0.1) is 17.7 Å². The van der Waals surface area contributed by atoms with Gasteiger partial charge in [0.2, 0.25) is 5.91 Å². The van der Waals surface area contributed by atoms with E-state index >= 15 is 0 Å². The highest BCUT2D eigenvalue weighted by Crippen LogP contribution is 2.41. The Kier molecular flexibility index (Phi) is 4.90. The Balaban J connectivity index is 1.57. The molecule has 0 saturated carbocycles. The predicted octanol–water partition coefficient (Wildman–Crippen LogP) is 4.48. The number of amides is 1. The van der Waals surface area contributed by atoms with Crippen LogP contribution in [0.1, 0.15) is 47.8 Å². The van der Waals surface area contributed by atoms with Crippen LogP contribution in [0, 0.1) is 19.8 Å². The number of hydrogen-bond donors (Lipinski definition) is 1. The number of nitrogens with one attached hydrogen (secondary N) is 1. The monoisotopic (exact) mass is 367 g/mol. The Hall–Kier alpha value is -2.01. The van der Waals surface area contributed by atoms with Crippen molar-refractivity contribution in [3.05, 3.63) is 58.9 Å². The van der Waals surface area contributed by atoms with Crippen molar-refractivity contribution in [1.82, 2.24) is 15.1 Å². The molecule has 26 heavy (non-hydrogen) atoms. The molecule has 136 valence electrons. The van der Waals surface area contributed by atoms with Crippen LogP contribution in [0.3, 0.4) is 0 Å². The molecule has 1 aromatic carbocycles. The van der Waals surface area contributed by atoms with Crippen LogP contribution >= 0.6 is 11.8 Å². The highest BCUT2D eigenvalue weighted by molar-refractivity contribution is 8.08. The number of aromatic amines is 1. The standard InChI is InChI=1S/C21H25N3OS/c1-14-20(15(2)23-22-14)19-12-17(13-26-19)21(25)24-11-7-6-10-18(24)16-8-4-3-5-9-16/h3-5,8-9,12,17-18H,6-7,10-11,13H2,1-2H3,(H,22,23). The van der Waals surface area contributed by atoms with E-state index < -0.39 is 0 Å². The quantitative estimate of drug-likeness (QED) is 0.870. The lowest BCUT2D eigenvalue weighted by Crippen LogP contribution is -2.41. The van der Waals surface area contributed by atoms with Gasteiger partial charge in [-0.3, -0.25) is 9.89 Å². The SMILES string of the molecule is Cc1n[nH]c(C)c1C1=CC(C(=O)N2CCCCC2c2ccccc2)CS1. The summed E-state index contributed by atoms with van der Waals surface area (Å²) in [4.78, 5) is 16.6. The molecule has 4 rings (SSSR count). The molecular formula is C21H25N3OS. The van der Waals surface area contributed by atoms with Crippen LogP contribution < -0.4 is 0 Å². The number of rotatable bonds is 3. The summed E-state index contributed by atoms with van der Waals surface area (Å²) >= 11 is 1.78. The second-order valence-corrected chi connectivity index (χ2v) is 8.27. The van der Waals surface area contributed by atoms with Gasteiger partial charge in [-0.15, -0.1) is 11.8 Å². The molecule has 5 heteroatoms. The van der Waals surface area contributed by atoms with Gasteiger partial charge >= 0.3 is 0 Å². The summed E-state index contributed by atoms with van der Waals surface area (Å²) < 4.78 is 0. The Morgan fingerprint density at radius 1 is 1.23 bits per heavy atom. The van der Waals surface area contributed by atoms with Crippen LogP contribution in [0.25, 0.3) is 4.91 Å². The minimum absolute atomic E-state index is 0.0342. The van der Waals surface area contributed by atoms with Gasteiger partial charge < -0.3 is 4.90 Å². The predicted molar refractivity (Wildman–Crippen MR) is 107 cm³/mol. The summed E-state index contributed by atoms with van der Waals surface area (Å²) in [6.07, 6.45) is 5.52. The fourth-order valence-electron chi connectivity index (χ4n) is 4.10. The molecule has 0 spiro atoms. The summed E-state index contributed by atoms with van der Waals surface area (Å²) in [5.74, 6) is 1.07. The normalized spacial score (nSPS) is 23.2. The van der Waals surface area contributed by atoms with Crippen molar-refractivity contribution in [3.63, 3.8) is 0 Å². The second kappa shape index (κ2) is 7.31. The van der Waals surface area contributed by atoms with Gasteiger partial charge in [0, 0.05) is 28.5 Å². The molecule has 2 aliphatic rings. The number of likely N-dealkylation sites (tertiary alicyclic amines) is 1. The minimum atomic E-state index is -0.0342. The molecule has 2 aliphatic heterocycles. The van der Waals surface area contributed by atoms with Crippen LogP contribution in [0.4, 0.5) is 0 Å². The van der Waals surface area contributed by atoms with E-state index in [2.05, 4.69) is 45.4 Å². The van der Waals surface area contributed by atoms with Gasteiger partial charge in [0.25, 0.3) is 0 Å². The second-order valence-electron chi connectivity index (χ2n) is 7.21. The maximum absolute atomic E-state index is 13.3. The number of aryl methyl sites for hydroxylation is 2. The zero-order valence-corrected chi connectivity index (χ0v) is 16.2. The summed E-state index contributed by atoms with van der Waals surface area (Å²) in [7, 11) is 0. The zero-order chi connectivity index (χ0) is 18.1. The van der Waals surface area contributed by atoms with Gasteiger partial charge in [0.15, 0.2) is 0 Å². The highest BCUT2D eigenvalue weighted by Gasteiger charge is 2.34. The van der Waals surface area contributed by atoms with Gasteiger partial charge in [-0.2, -0.15) is 5.10 Å². The van der Waals surface area contributed by atoms with E-state index in [1.54, 1.807) is 11.8 Å². The largest absolute Gasteiger partial charge is 0.335 e. The Labute approximate surface area is 159 Å². The lowest BCUT2D eigenvalue weighted by molar-refractivity contribution is -0.137. The smallest absolute Gasteiger partial charge is 0.230 e. The van der Waals surface area contributed by atoms with Crippen molar-refractivity contribution in [3.8, 4) is 0 Å². The molecule has 2 aromatic rings. The summed E-state index contributed by atoms with van der Waals surface area (Å²) in [6.45, 7) is 4.93. The maximum atomic E-state index is 13.3. The molecule has 0 bridgehead atoms. The lowest BCUT2D eigenvalue weighted by atomic mass is 9.93. The van der Waals surface area contributed by atoms with Crippen LogP contribution in [0.2, 0.25) is 0 Å². The van der Waals surface area contributed by atoms with Crippen molar-refractivity contribution >= 4 is 22.6 Å². The number of carbonyl (C=O) groups is 1. The molecule has 1 N–H and O–H groups in total. The van der Waals surface area contributed by atoms with E-state index in [1.165, 1.54) is 22.5 Å². The van der Waals surface area contributed by atoms with Gasteiger partial charge in [0.1, 0.15) is 0 Å². The summed E-state index contributed by atoms with van der Waals surface area (Å²) in [5, 5.41) is 7.35. The number of thioether (sulfide) groups is 1. The van der Waals surface area contributed by atoms with E-state index in [9.17, 15) is 4.79 Å². The Morgan fingerprint density at radius 2 is 2.04 bits per heavy atom. The van der Waals surface area contributed by atoms with Crippen molar-refractivity contribution < 1.29 is 4.79 Å². The molecule has 2 unspecified atom stereocenters. The average Bonchev–Trinajstić information content (AvgIpc) is 3.28. The van der Waals surface area contributed by atoms with E-state index in [4.69, 9.17) is 0 Å². The number of nitrogens with zero attached hydrogens (tertiary/aromatic N) is 2. The number of hydrogen-bond acceptors (Lipinski definition) is 3. The Bertz CT molecular complexity index is 808. The molecule has 1 aromatic heterocycles. The summed E-state index contributed by atoms with van der Waals surface area (Å²) in [5.41, 5.74) is 4.52. The first kappa shape index (κ1) is 17.4. The highest BCUT2D eigenvalue weighted by atomic mass is 32.2. The van der Waals surface area contributed by atoms with E-state index in [-0.39, 0.29) is 17.9 Å². The molecule has 2 atom stereocenters. The first-order valence-corrected chi connectivity index (χ1v) is 10.4. The van der Waals surface area contributed by atoms with Crippen LogP contribution in [0.15, 0.2) is 36.4 Å². The van der Waals surface area contributed by atoms with Crippen molar-refractivity contribution in [2.24, 2.45) is 5.92 Å². The number of aromatic nitrogens is 2. The zero-order valence-electron chi connectivity index (χ0n) is 15.4. The van der Waals surface area contributed by atoms with Crippen molar-refractivity contribution in [2.75, 3.05) is 12.3 Å². The molecule has 0 radical (unpaired) electrons. The van der Waals surface area contributed by atoms with Crippen molar-refractivity contribution in [2.45, 2.75) is 39.2 Å². The van der Waals surface area contributed by atoms with Crippen LogP contribution in [0.5, 0.6) is 0 Å². The number of benzene rings is 1. The first-order valence-electron chi connectivity index (χ1n) is 9.37. The van der Waals surface area contributed by atoms with Crippen LogP contribution in [-0.4, -0.2) is 33.3 Å². The topological polar surface area (TPSA) is 49.0 Å². The lowest BCUT2D eigenvalue weighted by Gasteiger charge is -2.37. The number of piperidine rings is 1. The minimum Gasteiger partial charge on any atom is -0.335 e. The van der Waals surface area contributed by atoms with E-state index in [1.807, 2.05) is 19.9 Å². The third kappa shape index (κ3) is 3.20.